The Kier molecular flexibility index (Phi) is 6.71. The molecule has 2 saturated heterocycles. The molecule has 2 aliphatic rings. The third-order valence-corrected chi connectivity index (χ3v) is 5.45. The molecule has 2 atom stereocenters. The summed E-state index contributed by atoms with van der Waals surface area (Å²) in [6.07, 6.45) is 4.42. The lowest BCUT2D eigenvalue weighted by atomic mass is 9.92. The molecule has 2 aliphatic heterocycles. The van der Waals surface area contributed by atoms with Crippen molar-refractivity contribution in [3.63, 3.8) is 0 Å². The van der Waals surface area contributed by atoms with Crippen molar-refractivity contribution in [3.8, 4) is 5.75 Å². The Bertz CT molecular complexity index is 620. The number of hydrogen-bond acceptors (Lipinski definition) is 4. The summed E-state index contributed by atoms with van der Waals surface area (Å²) in [5.41, 5.74) is -0.147. The largest absolute Gasteiger partial charge is 0.492 e. The first-order valence-electron chi connectivity index (χ1n) is 9.99. The van der Waals surface area contributed by atoms with Crippen molar-refractivity contribution < 1.29 is 18.7 Å². The van der Waals surface area contributed by atoms with Gasteiger partial charge in [-0.05, 0) is 70.3 Å². The first-order chi connectivity index (χ1) is 12.9. The SMILES string of the molecule is CC1(C)C[C@H](N2C(=O)CC[C@@H]2CCNCCOc2ccc(F)cc2)CCO1. The Morgan fingerprint density at radius 3 is 2.78 bits per heavy atom. The standard InChI is InChI=1S/C21H31FN2O3/c1-21(2)15-18(10-13-27-21)24-17(5-8-20(24)25)9-11-23-12-14-26-19-6-3-16(22)4-7-19/h3-4,6-7,17-18,23H,5,8-15H2,1-2H3/t17-,18-/m1/s1. The first-order valence-corrected chi connectivity index (χ1v) is 9.99. The molecule has 1 N–H and O–H groups in total. The second-order valence-electron chi connectivity index (χ2n) is 8.09. The third kappa shape index (κ3) is 5.66. The number of amides is 1. The predicted molar refractivity (Wildman–Crippen MR) is 102 cm³/mol. The Hall–Kier alpha value is -1.66. The fourth-order valence-electron chi connectivity index (χ4n) is 4.15. The number of hydrogen-bond donors (Lipinski definition) is 1. The minimum atomic E-state index is -0.260. The molecule has 6 heteroatoms. The molecule has 0 unspecified atom stereocenters. The minimum absolute atomic E-state index is 0.147. The van der Waals surface area contributed by atoms with Crippen LogP contribution in [0, 0.1) is 5.82 Å². The summed E-state index contributed by atoms with van der Waals surface area (Å²) < 4.78 is 24.2. The molecule has 1 aromatic carbocycles. The molecule has 2 heterocycles. The quantitative estimate of drug-likeness (QED) is 0.706. The van der Waals surface area contributed by atoms with Crippen molar-refractivity contribution in [1.29, 1.82) is 0 Å². The van der Waals surface area contributed by atoms with E-state index in [1.807, 2.05) is 0 Å². The van der Waals surface area contributed by atoms with Crippen LogP contribution in [0.25, 0.3) is 0 Å². The van der Waals surface area contributed by atoms with Gasteiger partial charge in [0.25, 0.3) is 0 Å². The van der Waals surface area contributed by atoms with E-state index in [-0.39, 0.29) is 11.4 Å². The number of carbonyl (C=O) groups excluding carboxylic acids is 1. The van der Waals surface area contributed by atoms with E-state index in [2.05, 4.69) is 24.1 Å². The molecule has 2 fully saturated rings. The van der Waals surface area contributed by atoms with Gasteiger partial charge in [0, 0.05) is 31.7 Å². The van der Waals surface area contributed by atoms with E-state index >= 15 is 0 Å². The van der Waals surface area contributed by atoms with E-state index in [1.165, 1.54) is 12.1 Å². The molecule has 0 spiro atoms. The van der Waals surface area contributed by atoms with Gasteiger partial charge in [-0.25, -0.2) is 4.39 Å². The average Bonchev–Trinajstić information content (AvgIpc) is 2.99. The van der Waals surface area contributed by atoms with Gasteiger partial charge >= 0.3 is 0 Å². The average molecular weight is 378 g/mol. The normalized spacial score (nSPS) is 25.0. The lowest BCUT2D eigenvalue weighted by Crippen LogP contribution is -2.50. The number of benzene rings is 1. The fraction of sp³-hybridized carbons (Fsp3) is 0.667. The zero-order valence-corrected chi connectivity index (χ0v) is 16.4. The molecule has 0 radical (unpaired) electrons. The topological polar surface area (TPSA) is 50.8 Å². The zero-order valence-electron chi connectivity index (χ0n) is 16.4. The van der Waals surface area contributed by atoms with Gasteiger partial charge in [0.1, 0.15) is 18.2 Å². The second-order valence-corrected chi connectivity index (χ2v) is 8.09. The number of ether oxygens (including phenoxy) is 2. The molecular weight excluding hydrogens is 347 g/mol. The summed E-state index contributed by atoms with van der Waals surface area (Å²) in [6, 6.07) is 6.68. The van der Waals surface area contributed by atoms with Gasteiger partial charge < -0.3 is 19.7 Å². The highest BCUT2D eigenvalue weighted by atomic mass is 19.1. The molecule has 1 amide bonds. The van der Waals surface area contributed by atoms with Crippen LogP contribution in [0.15, 0.2) is 24.3 Å². The second kappa shape index (κ2) is 9.02. The molecule has 3 rings (SSSR count). The third-order valence-electron chi connectivity index (χ3n) is 5.45. The summed E-state index contributed by atoms with van der Waals surface area (Å²) in [7, 11) is 0. The van der Waals surface area contributed by atoms with E-state index in [1.54, 1.807) is 12.1 Å². The van der Waals surface area contributed by atoms with Crippen molar-refractivity contribution >= 4 is 5.91 Å². The van der Waals surface area contributed by atoms with Crippen LogP contribution in [0.1, 0.15) is 46.0 Å². The van der Waals surface area contributed by atoms with Crippen LogP contribution in [0.3, 0.4) is 0 Å². The number of likely N-dealkylation sites (tertiary alicyclic amines) is 1. The van der Waals surface area contributed by atoms with Crippen LogP contribution in [0.2, 0.25) is 0 Å². The highest BCUT2D eigenvalue weighted by Crippen LogP contribution is 2.33. The van der Waals surface area contributed by atoms with Crippen LogP contribution in [-0.4, -0.2) is 54.8 Å². The highest BCUT2D eigenvalue weighted by Gasteiger charge is 2.40. The van der Waals surface area contributed by atoms with E-state index in [0.29, 0.717) is 36.8 Å². The summed E-state index contributed by atoms with van der Waals surface area (Å²) in [5, 5.41) is 3.39. The molecule has 0 bridgehead atoms. The summed E-state index contributed by atoms with van der Waals surface area (Å²) in [6.45, 7) is 7.06. The highest BCUT2D eigenvalue weighted by molar-refractivity contribution is 5.79. The molecular formula is C21H31FN2O3. The van der Waals surface area contributed by atoms with Crippen molar-refractivity contribution in [1.82, 2.24) is 10.2 Å². The number of nitrogens with one attached hydrogen (secondary N) is 1. The van der Waals surface area contributed by atoms with E-state index < -0.39 is 0 Å². The molecule has 0 aliphatic carbocycles. The van der Waals surface area contributed by atoms with Crippen LogP contribution in [0.4, 0.5) is 4.39 Å². The van der Waals surface area contributed by atoms with Crippen molar-refractivity contribution in [3.05, 3.63) is 30.1 Å². The lowest BCUT2D eigenvalue weighted by molar-refractivity contribution is -0.138. The van der Waals surface area contributed by atoms with E-state index in [4.69, 9.17) is 9.47 Å². The fourth-order valence-corrected chi connectivity index (χ4v) is 4.15. The van der Waals surface area contributed by atoms with E-state index in [9.17, 15) is 9.18 Å². The van der Waals surface area contributed by atoms with Gasteiger partial charge in [0.15, 0.2) is 0 Å². The van der Waals surface area contributed by atoms with Gasteiger partial charge in [-0.3, -0.25) is 4.79 Å². The molecule has 150 valence electrons. The van der Waals surface area contributed by atoms with Gasteiger partial charge in [-0.15, -0.1) is 0 Å². The lowest BCUT2D eigenvalue weighted by Gasteiger charge is -2.42. The first kappa shape index (κ1) is 20.1. The maximum absolute atomic E-state index is 12.9. The zero-order chi connectivity index (χ0) is 19.3. The molecule has 1 aromatic rings. The Morgan fingerprint density at radius 1 is 1.26 bits per heavy atom. The van der Waals surface area contributed by atoms with Crippen molar-refractivity contribution in [2.24, 2.45) is 0 Å². The maximum atomic E-state index is 12.9. The Labute approximate surface area is 161 Å². The van der Waals surface area contributed by atoms with Gasteiger partial charge in [-0.2, -0.15) is 0 Å². The number of halogens is 1. The van der Waals surface area contributed by atoms with Gasteiger partial charge in [0.05, 0.1) is 5.60 Å². The van der Waals surface area contributed by atoms with Crippen LogP contribution >= 0.6 is 0 Å². The number of rotatable bonds is 8. The molecule has 0 saturated carbocycles. The maximum Gasteiger partial charge on any atom is 0.223 e. The van der Waals surface area contributed by atoms with Gasteiger partial charge in [-0.1, -0.05) is 0 Å². The Balaban J connectivity index is 1.38. The molecule has 5 nitrogen and oxygen atoms in total. The Morgan fingerprint density at radius 2 is 2.04 bits per heavy atom. The van der Waals surface area contributed by atoms with Crippen molar-refractivity contribution in [2.75, 3.05) is 26.3 Å². The van der Waals surface area contributed by atoms with Gasteiger partial charge in [0.2, 0.25) is 5.91 Å². The monoisotopic (exact) mass is 378 g/mol. The van der Waals surface area contributed by atoms with Crippen LogP contribution < -0.4 is 10.1 Å². The van der Waals surface area contributed by atoms with E-state index in [0.717, 1.165) is 45.4 Å². The van der Waals surface area contributed by atoms with Crippen LogP contribution in [0.5, 0.6) is 5.75 Å². The summed E-state index contributed by atoms with van der Waals surface area (Å²) >= 11 is 0. The summed E-state index contributed by atoms with van der Waals surface area (Å²) in [5.74, 6) is 0.708. The van der Waals surface area contributed by atoms with Crippen LogP contribution in [-0.2, 0) is 9.53 Å². The smallest absolute Gasteiger partial charge is 0.223 e. The van der Waals surface area contributed by atoms with Crippen molar-refractivity contribution in [2.45, 2.75) is 63.6 Å². The minimum Gasteiger partial charge on any atom is -0.492 e. The predicted octanol–water partition coefficient (Wildman–Crippen LogP) is 3.13. The number of nitrogens with zero attached hydrogens (tertiary/aromatic N) is 1. The molecule has 0 aromatic heterocycles. The number of carbonyl (C=O) groups is 1. The summed E-state index contributed by atoms with van der Waals surface area (Å²) in [4.78, 5) is 14.6. The molecule has 27 heavy (non-hydrogen) atoms.